The molecular formula is C43H55NO11. The van der Waals surface area contributed by atoms with E-state index in [-0.39, 0.29) is 18.8 Å². The number of esters is 1. The molecule has 3 atom stereocenters. The first-order chi connectivity index (χ1) is 26.4. The Bertz CT molecular complexity index is 1630. The van der Waals surface area contributed by atoms with Gasteiger partial charge in [-0.05, 0) is 50.3 Å². The van der Waals surface area contributed by atoms with E-state index in [0.29, 0.717) is 42.6 Å². The molecule has 12 nitrogen and oxygen atoms in total. The number of nitrogens with one attached hydrogen (secondary N) is 1. The Morgan fingerprint density at radius 2 is 1.49 bits per heavy atom. The molecule has 12 heteroatoms. The summed E-state index contributed by atoms with van der Waals surface area (Å²) >= 11 is 0. The fourth-order valence-corrected chi connectivity index (χ4v) is 5.78. The lowest BCUT2D eigenvalue weighted by Gasteiger charge is -2.29. The van der Waals surface area contributed by atoms with Gasteiger partial charge in [-0.15, -0.1) is 5.92 Å². The van der Waals surface area contributed by atoms with Gasteiger partial charge in [-0.25, -0.2) is 9.59 Å². The number of allylic oxidation sites excluding steroid dienone is 1. The van der Waals surface area contributed by atoms with Gasteiger partial charge in [-0.2, -0.15) is 0 Å². The van der Waals surface area contributed by atoms with E-state index in [9.17, 15) is 44.1 Å². The molecule has 2 aromatic rings. The lowest BCUT2D eigenvalue weighted by molar-refractivity contribution is -0.172. The number of benzene rings is 2. The van der Waals surface area contributed by atoms with Crippen molar-refractivity contribution in [2.45, 2.75) is 115 Å². The van der Waals surface area contributed by atoms with Gasteiger partial charge in [0.15, 0.2) is 18.0 Å². The third-order valence-electron chi connectivity index (χ3n) is 8.95. The highest BCUT2D eigenvalue weighted by molar-refractivity contribution is 5.98. The number of aliphatic hydroxyl groups is 1. The van der Waals surface area contributed by atoms with Crippen molar-refractivity contribution in [2.24, 2.45) is 5.92 Å². The largest absolute Gasteiger partial charge is 0.481 e. The van der Waals surface area contributed by atoms with Crippen LogP contribution in [-0.4, -0.2) is 75.6 Å². The third kappa shape index (κ3) is 17.6. The maximum Gasteiger partial charge on any atom is 0.337 e. The predicted molar refractivity (Wildman–Crippen MR) is 206 cm³/mol. The average molecular weight is 762 g/mol. The van der Waals surface area contributed by atoms with Crippen molar-refractivity contribution in [1.82, 2.24) is 5.32 Å². The van der Waals surface area contributed by atoms with E-state index in [0.717, 1.165) is 51.0 Å². The van der Waals surface area contributed by atoms with Crippen LogP contribution in [0.25, 0.3) is 0 Å². The highest BCUT2D eigenvalue weighted by atomic mass is 16.5. The number of carboxylic acid groups (broad SMARTS) is 2. The number of carbonyl (C=O) groups excluding carboxylic acids is 4. The summed E-state index contributed by atoms with van der Waals surface area (Å²) in [7, 11) is 0. The van der Waals surface area contributed by atoms with E-state index < -0.39 is 60.2 Å². The van der Waals surface area contributed by atoms with Crippen molar-refractivity contribution in [1.29, 1.82) is 0 Å². The van der Waals surface area contributed by atoms with E-state index >= 15 is 0 Å². The zero-order chi connectivity index (χ0) is 40.5. The van der Waals surface area contributed by atoms with Gasteiger partial charge < -0.3 is 30.1 Å². The van der Waals surface area contributed by atoms with Gasteiger partial charge in [-0.3, -0.25) is 19.2 Å². The van der Waals surface area contributed by atoms with Crippen LogP contribution in [0, 0.1) is 17.8 Å². The number of Topliss-reactive ketones (excluding diaryl/α,β-unsaturated/α-hetero) is 2. The molecule has 1 amide bonds. The normalized spacial score (nSPS) is 13.1. The van der Waals surface area contributed by atoms with Crippen LogP contribution in [0.3, 0.4) is 0 Å². The van der Waals surface area contributed by atoms with Crippen LogP contribution in [0.1, 0.15) is 113 Å². The number of carbonyl (C=O) groups is 6. The maximum absolute atomic E-state index is 13.8. The van der Waals surface area contributed by atoms with Crippen LogP contribution in [0.15, 0.2) is 66.7 Å². The minimum Gasteiger partial charge on any atom is -0.481 e. The van der Waals surface area contributed by atoms with E-state index in [1.807, 2.05) is 0 Å². The molecule has 0 aromatic heterocycles. The molecule has 0 saturated carbocycles. The Morgan fingerprint density at radius 1 is 0.855 bits per heavy atom. The fourth-order valence-electron chi connectivity index (χ4n) is 5.78. The number of hydrogen-bond acceptors (Lipinski definition) is 9. The van der Waals surface area contributed by atoms with Crippen LogP contribution in [0.2, 0.25) is 0 Å². The topological polar surface area (TPSA) is 194 Å². The van der Waals surface area contributed by atoms with Gasteiger partial charge >= 0.3 is 17.9 Å². The van der Waals surface area contributed by atoms with Crippen molar-refractivity contribution in [3.05, 3.63) is 77.9 Å². The van der Waals surface area contributed by atoms with Crippen molar-refractivity contribution in [3.63, 3.8) is 0 Å². The zero-order valence-corrected chi connectivity index (χ0v) is 31.9. The number of unbranched alkanes of at least 4 members (excludes halogenated alkanes) is 8. The second kappa shape index (κ2) is 25.7. The van der Waals surface area contributed by atoms with E-state index in [1.54, 1.807) is 61.5 Å². The number of ketones is 2. The second-order valence-corrected chi connectivity index (χ2v) is 13.4. The highest BCUT2D eigenvalue weighted by Crippen LogP contribution is 2.26. The molecule has 2 aromatic carbocycles. The van der Waals surface area contributed by atoms with Gasteiger partial charge in [0, 0.05) is 24.8 Å². The Kier molecular flexibility index (Phi) is 21.4. The summed E-state index contributed by atoms with van der Waals surface area (Å²) in [6.07, 6.45) is 11.1. The first-order valence-corrected chi connectivity index (χ1v) is 18.9. The second-order valence-electron chi connectivity index (χ2n) is 13.4. The summed E-state index contributed by atoms with van der Waals surface area (Å²) in [5.41, 5.74) is -2.24. The first kappa shape index (κ1) is 45.9. The molecule has 0 bridgehead atoms. The number of hydrogen-bond donors (Lipinski definition) is 4. The number of aliphatic carboxylic acids is 2. The highest BCUT2D eigenvalue weighted by Gasteiger charge is 2.49. The molecule has 0 aliphatic heterocycles. The minimum atomic E-state index is -3.07. The smallest absolute Gasteiger partial charge is 0.337 e. The summed E-state index contributed by atoms with van der Waals surface area (Å²) in [6, 6.07) is 13.2. The van der Waals surface area contributed by atoms with Gasteiger partial charge in [0.05, 0.1) is 12.3 Å². The standard InChI is InChI=1S/C43H55NO11/c1-3-5-7-10-16-21-34(45)22-17-11-8-9-12-18-23-36(43(53,42(51)52)30-39(47)48)40(49)44-37(29-32-24-26-35(27-25-32)54-28-6-4-2)41(50)55-31-38(46)33-19-14-13-15-20-33/h13-15,18-20,23-27,36-37,53H,3,5,7-12,16-17,21-22,28-31H2,1-2H3,(H,44,49)(H,47,48)(H,51,52)/t36-,37+,43+/m1/s1. The molecule has 55 heavy (non-hydrogen) atoms. The van der Waals surface area contributed by atoms with Crippen LogP contribution >= 0.6 is 0 Å². The molecule has 0 aliphatic carbocycles. The summed E-state index contributed by atoms with van der Waals surface area (Å²) < 4.78 is 10.8. The van der Waals surface area contributed by atoms with Gasteiger partial charge in [0.1, 0.15) is 24.2 Å². The molecular weight excluding hydrogens is 706 g/mol. The predicted octanol–water partition coefficient (Wildman–Crippen LogP) is 6.28. The van der Waals surface area contributed by atoms with Crippen molar-refractivity contribution in [2.75, 3.05) is 13.2 Å². The fraction of sp³-hybridized carbons (Fsp3) is 0.488. The van der Waals surface area contributed by atoms with E-state index in [4.69, 9.17) is 9.47 Å². The third-order valence-corrected chi connectivity index (χ3v) is 8.95. The molecule has 0 radical (unpaired) electrons. The summed E-state index contributed by atoms with van der Waals surface area (Å²) in [5.74, 6) is -1.92. The molecule has 0 saturated heterocycles. The number of rotatable bonds is 28. The maximum atomic E-state index is 13.8. The lowest BCUT2D eigenvalue weighted by Crippen LogP contribution is -2.55. The van der Waals surface area contributed by atoms with Crippen LogP contribution in [0.4, 0.5) is 0 Å². The number of carboxylic acids is 2. The summed E-state index contributed by atoms with van der Waals surface area (Å²) in [5, 5.41) is 33.1. The Balaban J connectivity index is 2.18. The Hall–Kier alpha value is -5.28. The summed E-state index contributed by atoms with van der Waals surface area (Å²) in [4.78, 5) is 76.1. The first-order valence-electron chi connectivity index (χ1n) is 18.9. The van der Waals surface area contributed by atoms with Crippen molar-refractivity contribution >= 4 is 35.4 Å². The van der Waals surface area contributed by atoms with Crippen molar-refractivity contribution in [3.8, 4) is 17.6 Å². The van der Waals surface area contributed by atoms with Gasteiger partial charge in [0.2, 0.25) is 5.91 Å². The van der Waals surface area contributed by atoms with E-state index in [1.165, 1.54) is 12.5 Å². The zero-order valence-electron chi connectivity index (χ0n) is 31.9. The molecule has 0 heterocycles. The van der Waals surface area contributed by atoms with E-state index in [2.05, 4.69) is 24.1 Å². The molecule has 0 aliphatic rings. The number of ether oxygens (including phenoxy) is 2. The van der Waals surface area contributed by atoms with Crippen LogP contribution < -0.4 is 10.1 Å². The number of amides is 1. The lowest BCUT2D eigenvalue weighted by atomic mass is 9.82. The monoisotopic (exact) mass is 761 g/mol. The average Bonchev–Trinajstić information content (AvgIpc) is 3.16. The van der Waals surface area contributed by atoms with Gasteiger partial charge in [-0.1, -0.05) is 106 Å². The molecule has 0 fully saturated rings. The molecule has 0 spiro atoms. The van der Waals surface area contributed by atoms with Crippen LogP contribution in [-0.2, 0) is 35.1 Å². The Morgan fingerprint density at radius 3 is 2.09 bits per heavy atom. The SMILES string of the molecule is CC#CCOc1ccc(C[C@H](NC(=O)[C@@H](C=CCCCCCCC(=O)CCCCCCC)[C@@](O)(CC(=O)O)C(=O)O)C(=O)OCC(=O)c2ccccc2)cc1. The minimum absolute atomic E-state index is 0.161. The molecule has 0 unspecified atom stereocenters. The van der Waals surface area contributed by atoms with Gasteiger partial charge in [0.25, 0.3) is 0 Å². The Labute approximate surface area is 323 Å². The quantitative estimate of drug-likeness (QED) is 0.0251. The molecule has 298 valence electrons. The van der Waals surface area contributed by atoms with Crippen molar-refractivity contribution < 1.29 is 53.6 Å². The molecule has 4 N–H and O–H groups in total. The van der Waals surface area contributed by atoms with Crippen LogP contribution in [0.5, 0.6) is 5.75 Å². The molecule has 2 rings (SSSR count). The summed E-state index contributed by atoms with van der Waals surface area (Å²) in [6.45, 7) is 3.34.